The molecule has 1 atom stereocenters. The largest absolute Gasteiger partial charge is 0.467 e. The van der Waals surface area contributed by atoms with Gasteiger partial charge in [-0.1, -0.05) is 29.3 Å². The molecule has 0 unspecified atom stereocenters. The summed E-state index contributed by atoms with van der Waals surface area (Å²) in [6, 6.07) is 4.33. The number of benzene rings is 1. The number of hydrogen-bond donors (Lipinski definition) is 1. The number of halogens is 2. The Kier molecular flexibility index (Phi) is 8.38. The Bertz CT molecular complexity index is 564. The van der Waals surface area contributed by atoms with E-state index in [4.69, 9.17) is 23.2 Å². The number of ether oxygens (including phenoxy) is 1. The number of hydrogen-bond acceptors (Lipinski definition) is 4. The van der Waals surface area contributed by atoms with Gasteiger partial charge in [0.1, 0.15) is 6.04 Å². The summed E-state index contributed by atoms with van der Waals surface area (Å²) in [5.41, 5.74) is 0.667. The molecular weight excluding hydrogens is 345 g/mol. The predicted octanol–water partition coefficient (Wildman–Crippen LogP) is 3.42. The quantitative estimate of drug-likeness (QED) is 0.597. The highest BCUT2D eigenvalue weighted by Gasteiger charge is 2.19. The van der Waals surface area contributed by atoms with Crippen molar-refractivity contribution in [3.63, 3.8) is 0 Å². The molecule has 1 amide bonds. The number of methoxy groups -OCH3 is 1. The minimum Gasteiger partial charge on any atom is -0.467 e. The second kappa shape index (κ2) is 9.77. The predicted molar refractivity (Wildman–Crippen MR) is 92.4 cm³/mol. The van der Waals surface area contributed by atoms with Crippen molar-refractivity contribution in [2.75, 3.05) is 19.1 Å². The van der Waals surface area contributed by atoms with Gasteiger partial charge in [0, 0.05) is 16.1 Å². The molecule has 1 aromatic carbocycles. The number of carbonyl (C=O) groups excluding carboxylic acids is 2. The van der Waals surface area contributed by atoms with Crippen molar-refractivity contribution in [1.82, 2.24) is 5.32 Å². The van der Waals surface area contributed by atoms with Gasteiger partial charge in [-0.25, -0.2) is 4.79 Å². The van der Waals surface area contributed by atoms with E-state index in [1.807, 2.05) is 6.26 Å². The van der Waals surface area contributed by atoms with Gasteiger partial charge in [0.25, 0.3) is 0 Å². The Hall–Kier alpha value is -1.17. The smallest absolute Gasteiger partial charge is 0.328 e. The summed E-state index contributed by atoms with van der Waals surface area (Å²) in [6.07, 6.45) is 5.33. The van der Waals surface area contributed by atoms with Crippen LogP contribution in [-0.2, 0) is 14.3 Å². The van der Waals surface area contributed by atoms with Gasteiger partial charge in [-0.05, 0) is 42.2 Å². The molecule has 0 fully saturated rings. The van der Waals surface area contributed by atoms with Crippen LogP contribution in [-0.4, -0.2) is 37.0 Å². The molecule has 22 heavy (non-hydrogen) atoms. The van der Waals surface area contributed by atoms with Gasteiger partial charge in [0.15, 0.2) is 0 Å². The number of esters is 1. The van der Waals surface area contributed by atoms with E-state index in [1.54, 1.807) is 36.0 Å². The highest BCUT2D eigenvalue weighted by molar-refractivity contribution is 7.98. The summed E-state index contributed by atoms with van der Waals surface area (Å²) in [4.78, 5) is 23.5. The average Bonchev–Trinajstić information content (AvgIpc) is 2.49. The van der Waals surface area contributed by atoms with Gasteiger partial charge in [-0.2, -0.15) is 11.8 Å². The van der Waals surface area contributed by atoms with Crippen LogP contribution < -0.4 is 5.32 Å². The fourth-order valence-electron chi connectivity index (χ4n) is 1.65. The molecule has 0 aliphatic rings. The van der Waals surface area contributed by atoms with E-state index in [1.165, 1.54) is 13.2 Å². The molecule has 7 heteroatoms. The Morgan fingerprint density at radius 3 is 2.73 bits per heavy atom. The number of thioether (sulfide) groups is 1. The fraction of sp³-hybridized carbons (Fsp3) is 0.333. The second-order valence-electron chi connectivity index (χ2n) is 4.36. The first-order chi connectivity index (χ1) is 10.5. The first kappa shape index (κ1) is 18.9. The third-order valence-corrected chi connectivity index (χ3v) is 4.00. The van der Waals surface area contributed by atoms with Gasteiger partial charge >= 0.3 is 5.97 Å². The van der Waals surface area contributed by atoms with Crippen LogP contribution >= 0.6 is 35.0 Å². The fourth-order valence-corrected chi connectivity index (χ4v) is 2.59. The molecule has 0 aliphatic carbocycles. The molecular formula is C15H17Cl2NO3S. The highest BCUT2D eigenvalue weighted by atomic mass is 35.5. The van der Waals surface area contributed by atoms with Crippen LogP contribution in [0.25, 0.3) is 6.08 Å². The maximum Gasteiger partial charge on any atom is 0.328 e. The lowest BCUT2D eigenvalue weighted by atomic mass is 10.2. The Balaban J connectivity index is 2.69. The topological polar surface area (TPSA) is 55.4 Å². The van der Waals surface area contributed by atoms with Crippen molar-refractivity contribution in [2.45, 2.75) is 12.5 Å². The van der Waals surface area contributed by atoms with Gasteiger partial charge in [0.05, 0.1) is 7.11 Å². The van der Waals surface area contributed by atoms with Gasteiger partial charge in [-0.15, -0.1) is 0 Å². The summed E-state index contributed by atoms with van der Waals surface area (Å²) in [7, 11) is 1.30. The monoisotopic (exact) mass is 361 g/mol. The Labute approximate surface area is 144 Å². The third-order valence-electron chi connectivity index (χ3n) is 2.79. The molecule has 0 saturated carbocycles. The summed E-state index contributed by atoms with van der Waals surface area (Å²) in [5, 5.41) is 3.59. The molecule has 1 aromatic rings. The van der Waals surface area contributed by atoms with Crippen molar-refractivity contribution in [1.29, 1.82) is 0 Å². The molecule has 120 valence electrons. The molecule has 0 radical (unpaired) electrons. The van der Waals surface area contributed by atoms with E-state index >= 15 is 0 Å². The van der Waals surface area contributed by atoms with Crippen molar-refractivity contribution in [3.8, 4) is 0 Å². The normalized spacial score (nSPS) is 12.2. The summed E-state index contributed by atoms with van der Waals surface area (Å²) < 4.78 is 4.68. The van der Waals surface area contributed by atoms with Crippen molar-refractivity contribution in [3.05, 3.63) is 39.9 Å². The number of rotatable bonds is 7. The summed E-state index contributed by atoms with van der Waals surface area (Å²) >= 11 is 13.4. The average molecular weight is 362 g/mol. The number of carbonyl (C=O) groups is 2. The lowest BCUT2D eigenvalue weighted by molar-refractivity contribution is -0.144. The summed E-state index contributed by atoms with van der Waals surface area (Å²) in [6.45, 7) is 0. The van der Waals surface area contributed by atoms with E-state index < -0.39 is 12.0 Å². The lowest BCUT2D eigenvalue weighted by Gasteiger charge is -2.14. The molecule has 0 aliphatic heterocycles. The van der Waals surface area contributed by atoms with Gasteiger partial charge in [0.2, 0.25) is 5.91 Å². The van der Waals surface area contributed by atoms with Crippen LogP contribution in [0.4, 0.5) is 0 Å². The SMILES string of the molecule is COC(=O)[C@@H](CCSC)NC(=O)/C=C/c1ccc(Cl)cc1Cl. The van der Waals surface area contributed by atoms with Gasteiger partial charge < -0.3 is 10.1 Å². The zero-order valence-electron chi connectivity index (χ0n) is 12.3. The molecule has 1 N–H and O–H groups in total. The highest BCUT2D eigenvalue weighted by Crippen LogP contribution is 2.21. The van der Waals surface area contributed by atoms with Crippen molar-refractivity contribution in [2.24, 2.45) is 0 Å². The molecule has 1 rings (SSSR count). The van der Waals surface area contributed by atoms with Crippen molar-refractivity contribution >= 4 is 52.9 Å². The third kappa shape index (κ3) is 6.30. The molecule has 0 saturated heterocycles. The molecule has 0 aromatic heterocycles. The molecule has 0 spiro atoms. The first-order valence-electron chi connectivity index (χ1n) is 6.48. The van der Waals surface area contributed by atoms with Crippen LogP contribution in [0.1, 0.15) is 12.0 Å². The minimum absolute atomic E-state index is 0.387. The van der Waals surface area contributed by atoms with Crippen LogP contribution in [0.3, 0.4) is 0 Å². The second-order valence-corrected chi connectivity index (χ2v) is 6.19. The number of amides is 1. The molecule has 0 heterocycles. The van der Waals surface area contributed by atoms with E-state index in [0.29, 0.717) is 22.0 Å². The minimum atomic E-state index is -0.657. The maximum atomic E-state index is 11.9. The van der Waals surface area contributed by atoms with Crippen LogP contribution in [0.15, 0.2) is 24.3 Å². The van der Waals surface area contributed by atoms with Crippen LogP contribution in [0.5, 0.6) is 0 Å². The van der Waals surface area contributed by atoms with Crippen LogP contribution in [0, 0.1) is 0 Å². The molecule has 4 nitrogen and oxygen atoms in total. The maximum absolute atomic E-state index is 11.9. The standard InChI is InChI=1S/C15H17Cl2NO3S/c1-21-15(20)13(7-8-22-2)18-14(19)6-4-10-3-5-11(16)9-12(10)17/h3-6,9,13H,7-8H2,1-2H3,(H,18,19)/b6-4+/t13-/m1/s1. The van der Waals surface area contributed by atoms with Crippen LogP contribution in [0.2, 0.25) is 10.0 Å². The van der Waals surface area contributed by atoms with E-state index in [2.05, 4.69) is 10.1 Å². The zero-order chi connectivity index (χ0) is 16.5. The lowest BCUT2D eigenvalue weighted by Crippen LogP contribution is -2.41. The summed E-state index contributed by atoms with van der Waals surface area (Å²) in [5.74, 6) is -0.102. The van der Waals surface area contributed by atoms with E-state index in [-0.39, 0.29) is 5.91 Å². The molecule has 0 bridgehead atoms. The van der Waals surface area contributed by atoms with E-state index in [9.17, 15) is 9.59 Å². The van der Waals surface area contributed by atoms with Crippen molar-refractivity contribution < 1.29 is 14.3 Å². The number of nitrogens with one attached hydrogen (secondary N) is 1. The van der Waals surface area contributed by atoms with E-state index in [0.717, 1.165) is 5.75 Å². The van der Waals surface area contributed by atoms with Gasteiger partial charge in [-0.3, -0.25) is 4.79 Å². The first-order valence-corrected chi connectivity index (χ1v) is 8.63. The Morgan fingerprint density at radius 1 is 1.41 bits per heavy atom. The zero-order valence-corrected chi connectivity index (χ0v) is 14.6. The Morgan fingerprint density at radius 2 is 2.14 bits per heavy atom.